The molecule has 0 aliphatic heterocycles. The molecule has 4 nitrogen and oxygen atoms in total. The van der Waals surface area contributed by atoms with Crippen LogP contribution < -0.4 is 5.43 Å². The molecule has 0 aliphatic carbocycles. The number of hydrogen-bond acceptors (Lipinski definition) is 4. The van der Waals surface area contributed by atoms with Gasteiger partial charge >= 0.3 is 0 Å². The van der Waals surface area contributed by atoms with Gasteiger partial charge in [-0.05, 0) is 20.1 Å². The number of aromatic nitrogens is 1. The molecule has 0 aliphatic rings. The van der Waals surface area contributed by atoms with Crippen molar-refractivity contribution < 1.29 is 10.2 Å². The maximum Gasteiger partial charge on any atom is 0.227 e. The Morgan fingerprint density at radius 1 is 1.46 bits per heavy atom. The quantitative estimate of drug-likeness (QED) is 0.651. The average molecular weight is 202 g/mol. The Morgan fingerprint density at radius 2 is 2.08 bits per heavy atom. The summed E-state index contributed by atoms with van der Waals surface area (Å²) in [5.74, 6) is 0.0780. The van der Waals surface area contributed by atoms with E-state index in [-0.39, 0.29) is 17.8 Å². The standard InChI is InChI=1S/C8H14N2O2S/c1-5(2)9-10-7(11)4-6(13-3)8(10)12/h4-5,9,11-12H,1-3H3. The summed E-state index contributed by atoms with van der Waals surface area (Å²) in [6.45, 7) is 3.86. The van der Waals surface area contributed by atoms with Crippen molar-refractivity contribution >= 4 is 11.8 Å². The molecule has 1 heterocycles. The molecule has 0 atom stereocenters. The first kappa shape index (κ1) is 10.1. The zero-order valence-electron chi connectivity index (χ0n) is 7.90. The van der Waals surface area contributed by atoms with Crippen molar-refractivity contribution in [2.75, 3.05) is 11.7 Å². The van der Waals surface area contributed by atoms with Crippen molar-refractivity contribution in [2.24, 2.45) is 0 Å². The lowest BCUT2D eigenvalue weighted by Gasteiger charge is -2.12. The maximum absolute atomic E-state index is 9.58. The van der Waals surface area contributed by atoms with Crippen molar-refractivity contribution in [3.63, 3.8) is 0 Å². The summed E-state index contributed by atoms with van der Waals surface area (Å²) in [5.41, 5.74) is 2.90. The first-order chi connectivity index (χ1) is 6.06. The number of aromatic hydroxyl groups is 2. The van der Waals surface area contributed by atoms with Gasteiger partial charge in [0.2, 0.25) is 11.8 Å². The smallest absolute Gasteiger partial charge is 0.227 e. The summed E-state index contributed by atoms with van der Waals surface area (Å²) in [6, 6.07) is 1.67. The van der Waals surface area contributed by atoms with Crippen molar-refractivity contribution in [3.05, 3.63) is 6.07 Å². The van der Waals surface area contributed by atoms with Crippen LogP contribution in [0.4, 0.5) is 0 Å². The Labute approximate surface area is 81.5 Å². The van der Waals surface area contributed by atoms with Gasteiger partial charge in [0.15, 0.2) is 0 Å². The second-order valence-electron chi connectivity index (χ2n) is 3.01. The number of nitrogens with zero attached hydrogens (tertiary/aromatic N) is 1. The van der Waals surface area contributed by atoms with E-state index < -0.39 is 0 Å². The molecule has 1 rings (SSSR count). The summed E-state index contributed by atoms with van der Waals surface area (Å²) in [7, 11) is 0. The molecule has 0 saturated heterocycles. The normalized spacial score (nSPS) is 10.8. The molecule has 74 valence electrons. The molecule has 5 heteroatoms. The van der Waals surface area contributed by atoms with Crippen LogP contribution in [-0.2, 0) is 0 Å². The molecule has 1 aromatic heterocycles. The number of thioether (sulfide) groups is 1. The highest BCUT2D eigenvalue weighted by molar-refractivity contribution is 7.98. The molecule has 0 fully saturated rings. The van der Waals surface area contributed by atoms with E-state index in [1.54, 1.807) is 0 Å². The fourth-order valence-corrected chi connectivity index (χ4v) is 1.50. The van der Waals surface area contributed by atoms with E-state index in [9.17, 15) is 10.2 Å². The van der Waals surface area contributed by atoms with E-state index in [1.165, 1.54) is 22.5 Å². The zero-order valence-corrected chi connectivity index (χ0v) is 8.72. The predicted octanol–water partition coefficient (Wildman–Crippen LogP) is 1.57. The Balaban J connectivity index is 2.98. The summed E-state index contributed by atoms with van der Waals surface area (Å²) in [4.78, 5) is 0.658. The van der Waals surface area contributed by atoms with Gasteiger partial charge in [-0.25, -0.2) is 0 Å². The van der Waals surface area contributed by atoms with Gasteiger partial charge in [-0.2, -0.15) is 4.68 Å². The van der Waals surface area contributed by atoms with E-state index in [1.807, 2.05) is 20.1 Å². The molecule has 0 saturated carbocycles. The van der Waals surface area contributed by atoms with Crippen LogP contribution in [0.5, 0.6) is 11.8 Å². The van der Waals surface area contributed by atoms with Gasteiger partial charge in [0.25, 0.3) is 0 Å². The molecular formula is C8H14N2O2S. The van der Waals surface area contributed by atoms with Crippen LogP contribution in [0.25, 0.3) is 0 Å². The minimum atomic E-state index is 0.0237. The molecule has 0 bridgehead atoms. The van der Waals surface area contributed by atoms with E-state index in [0.717, 1.165) is 0 Å². The van der Waals surface area contributed by atoms with Gasteiger partial charge in [0.1, 0.15) is 0 Å². The largest absolute Gasteiger partial charge is 0.493 e. The third-order valence-corrected chi connectivity index (χ3v) is 2.27. The second kappa shape index (κ2) is 3.83. The summed E-state index contributed by atoms with van der Waals surface area (Å²) >= 11 is 1.39. The SMILES string of the molecule is CSc1cc(O)n(NC(C)C)c1O. The molecule has 0 unspecified atom stereocenters. The topological polar surface area (TPSA) is 57.4 Å². The summed E-state index contributed by atoms with van der Waals surface area (Å²) in [5, 5.41) is 19.0. The Hall–Kier alpha value is -0.970. The van der Waals surface area contributed by atoms with Crippen LogP contribution >= 0.6 is 11.8 Å². The minimum Gasteiger partial charge on any atom is -0.493 e. The Bertz CT molecular complexity index is 297. The summed E-state index contributed by atoms with van der Waals surface area (Å²) in [6.07, 6.45) is 1.84. The van der Waals surface area contributed by atoms with Gasteiger partial charge in [-0.15, -0.1) is 11.8 Å². The fraction of sp³-hybridized carbons (Fsp3) is 0.500. The number of rotatable bonds is 3. The van der Waals surface area contributed by atoms with E-state index in [0.29, 0.717) is 4.90 Å². The predicted molar refractivity (Wildman–Crippen MR) is 54.0 cm³/mol. The minimum absolute atomic E-state index is 0.0237. The first-order valence-corrected chi connectivity index (χ1v) is 5.23. The molecular weight excluding hydrogens is 188 g/mol. The van der Waals surface area contributed by atoms with E-state index in [4.69, 9.17) is 0 Å². The summed E-state index contributed by atoms with van der Waals surface area (Å²) < 4.78 is 1.27. The van der Waals surface area contributed by atoms with Gasteiger partial charge in [0.05, 0.1) is 4.90 Å². The molecule has 0 aromatic carbocycles. The highest BCUT2D eigenvalue weighted by Gasteiger charge is 2.13. The van der Waals surface area contributed by atoms with Crippen LogP contribution in [0.3, 0.4) is 0 Å². The highest BCUT2D eigenvalue weighted by atomic mass is 32.2. The van der Waals surface area contributed by atoms with Crippen LogP contribution in [0.1, 0.15) is 13.8 Å². The van der Waals surface area contributed by atoms with Crippen molar-refractivity contribution in [3.8, 4) is 11.8 Å². The van der Waals surface area contributed by atoms with E-state index >= 15 is 0 Å². The highest BCUT2D eigenvalue weighted by Crippen LogP contribution is 2.32. The van der Waals surface area contributed by atoms with Gasteiger partial charge in [-0.3, -0.25) is 0 Å². The lowest BCUT2D eigenvalue weighted by Crippen LogP contribution is -2.21. The molecule has 0 amide bonds. The molecule has 3 N–H and O–H groups in total. The van der Waals surface area contributed by atoms with Crippen LogP contribution in [0.15, 0.2) is 11.0 Å². The third-order valence-electron chi connectivity index (χ3n) is 1.53. The van der Waals surface area contributed by atoms with Crippen LogP contribution in [0, 0.1) is 0 Å². The monoisotopic (exact) mass is 202 g/mol. The van der Waals surface area contributed by atoms with Crippen molar-refractivity contribution in [1.82, 2.24) is 4.68 Å². The Kier molecular flexibility index (Phi) is 2.98. The van der Waals surface area contributed by atoms with Gasteiger partial charge in [-0.1, -0.05) is 0 Å². The number of hydrogen-bond donors (Lipinski definition) is 3. The lowest BCUT2D eigenvalue weighted by atomic mass is 10.4. The maximum atomic E-state index is 9.58. The zero-order chi connectivity index (χ0) is 10.0. The van der Waals surface area contributed by atoms with Crippen molar-refractivity contribution in [2.45, 2.75) is 24.8 Å². The van der Waals surface area contributed by atoms with Crippen LogP contribution in [-0.4, -0.2) is 27.2 Å². The second-order valence-corrected chi connectivity index (χ2v) is 3.86. The molecule has 0 spiro atoms. The van der Waals surface area contributed by atoms with Crippen molar-refractivity contribution in [1.29, 1.82) is 0 Å². The first-order valence-electron chi connectivity index (χ1n) is 4.00. The van der Waals surface area contributed by atoms with Gasteiger partial charge < -0.3 is 15.6 Å². The Morgan fingerprint density at radius 3 is 2.46 bits per heavy atom. The molecule has 0 radical (unpaired) electrons. The van der Waals surface area contributed by atoms with Crippen LogP contribution in [0.2, 0.25) is 0 Å². The van der Waals surface area contributed by atoms with E-state index in [2.05, 4.69) is 5.43 Å². The average Bonchev–Trinajstić information content (AvgIpc) is 2.31. The fourth-order valence-electron chi connectivity index (χ4n) is 1.00. The van der Waals surface area contributed by atoms with Gasteiger partial charge in [0, 0.05) is 12.1 Å². The number of nitrogens with one attached hydrogen (secondary N) is 1. The molecule has 13 heavy (non-hydrogen) atoms. The molecule has 1 aromatic rings. The lowest BCUT2D eigenvalue weighted by molar-refractivity contribution is 0.379. The third kappa shape index (κ3) is 2.03.